The van der Waals surface area contributed by atoms with E-state index in [4.69, 9.17) is 26.1 Å². The first-order chi connectivity index (χ1) is 15.2. The molecule has 0 aromatic heterocycles. The number of para-hydroxylation sites is 1. The Hall–Kier alpha value is -2.47. The smallest absolute Gasteiger partial charge is 0.325 e. The van der Waals surface area contributed by atoms with E-state index in [1.165, 1.54) is 0 Å². The number of rotatable bonds is 10. The van der Waals surface area contributed by atoms with Crippen LogP contribution in [0.1, 0.15) is 33.5 Å². The van der Waals surface area contributed by atoms with Gasteiger partial charge in [0.15, 0.2) is 5.78 Å². The fraction of sp³-hybridized carbons (Fsp3) is 0.208. The van der Waals surface area contributed by atoms with Gasteiger partial charge in [0.25, 0.3) is 0 Å². The van der Waals surface area contributed by atoms with E-state index < -0.39 is 7.60 Å². The number of carbonyl (C=O) groups excluding carboxylic acids is 1. The SMILES string of the molecule is Cc1ccccc1C(=O)c1ccc(Nc2ccccc2COCCCP(=O)(O)O)cc1Cl. The van der Waals surface area contributed by atoms with Gasteiger partial charge in [-0.05, 0) is 43.2 Å². The molecule has 168 valence electrons. The number of aryl methyl sites for hydroxylation is 1. The summed E-state index contributed by atoms with van der Waals surface area (Å²) in [4.78, 5) is 30.7. The normalized spacial score (nSPS) is 11.4. The molecule has 0 amide bonds. The van der Waals surface area contributed by atoms with Crippen LogP contribution in [0, 0.1) is 6.92 Å². The summed E-state index contributed by atoms with van der Waals surface area (Å²) in [5.74, 6) is -0.122. The minimum Gasteiger partial charge on any atom is -0.377 e. The Labute approximate surface area is 192 Å². The number of halogens is 1. The maximum absolute atomic E-state index is 12.9. The van der Waals surface area contributed by atoms with E-state index in [0.29, 0.717) is 22.8 Å². The molecule has 3 rings (SSSR count). The number of nitrogens with one attached hydrogen (secondary N) is 1. The summed E-state index contributed by atoms with van der Waals surface area (Å²) in [5.41, 5.74) is 4.39. The molecule has 0 heterocycles. The highest BCUT2D eigenvalue weighted by Crippen LogP contribution is 2.34. The van der Waals surface area contributed by atoms with Crippen LogP contribution in [-0.2, 0) is 15.9 Å². The third kappa shape index (κ3) is 6.76. The van der Waals surface area contributed by atoms with Crippen molar-refractivity contribution in [1.29, 1.82) is 0 Å². The predicted molar refractivity (Wildman–Crippen MR) is 127 cm³/mol. The van der Waals surface area contributed by atoms with Gasteiger partial charge in [-0.2, -0.15) is 0 Å². The van der Waals surface area contributed by atoms with Gasteiger partial charge in [-0.1, -0.05) is 54.1 Å². The number of anilines is 2. The molecule has 0 bridgehead atoms. The van der Waals surface area contributed by atoms with Gasteiger partial charge in [0.05, 0.1) is 17.8 Å². The van der Waals surface area contributed by atoms with Crippen LogP contribution >= 0.6 is 19.2 Å². The first-order valence-corrected chi connectivity index (χ1v) is 12.3. The number of ketones is 1. The zero-order valence-electron chi connectivity index (χ0n) is 17.6. The number of hydrogen-bond acceptors (Lipinski definition) is 4. The molecule has 32 heavy (non-hydrogen) atoms. The van der Waals surface area contributed by atoms with Crippen molar-refractivity contribution in [2.75, 3.05) is 18.1 Å². The summed E-state index contributed by atoms with van der Waals surface area (Å²) in [6.07, 6.45) is 0.0881. The Morgan fingerprint density at radius 1 is 1.03 bits per heavy atom. The van der Waals surface area contributed by atoms with Gasteiger partial charge in [0.1, 0.15) is 0 Å². The fourth-order valence-corrected chi connectivity index (χ4v) is 4.04. The minimum atomic E-state index is -4.00. The molecule has 0 radical (unpaired) electrons. The Morgan fingerprint density at radius 2 is 1.75 bits per heavy atom. The average molecular weight is 474 g/mol. The molecule has 0 fully saturated rings. The van der Waals surface area contributed by atoms with Crippen LogP contribution in [0.25, 0.3) is 0 Å². The second-order valence-electron chi connectivity index (χ2n) is 7.42. The fourth-order valence-electron chi connectivity index (χ4n) is 3.23. The number of ether oxygens (including phenoxy) is 1. The van der Waals surface area contributed by atoms with Gasteiger partial charge in [0, 0.05) is 34.7 Å². The Balaban J connectivity index is 1.68. The van der Waals surface area contributed by atoms with Gasteiger partial charge in [-0.25, -0.2) is 0 Å². The minimum absolute atomic E-state index is 0.122. The summed E-state index contributed by atoms with van der Waals surface area (Å²) >= 11 is 6.44. The van der Waals surface area contributed by atoms with Gasteiger partial charge in [0.2, 0.25) is 0 Å². The molecule has 0 aliphatic rings. The lowest BCUT2D eigenvalue weighted by Crippen LogP contribution is -2.05. The lowest BCUT2D eigenvalue weighted by molar-refractivity contribution is 0.103. The van der Waals surface area contributed by atoms with Crippen molar-refractivity contribution in [2.45, 2.75) is 20.0 Å². The van der Waals surface area contributed by atoms with E-state index in [0.717, 1.165) is 22.5 Å². The predicted octanol–water partition coefficient (Wildman–Crippen LogP) is 5.71. The quantitative estimate of drug-likeness (QED) is 0.198. The Kier molecular flexibility index (Phi) is 8.24. The lowest BCUT2D eigenvalue weighted by atomic mass is 9.99. The highest BCUT2D eigenvalue weighted by molar-refractivity contribution is 7.51. The van der Waals surface area contributed by atoms with Crippen molar-refractivity contribution in [2.24, 2.45) is 0 Å². The van der Waals surface area contributed by atoms with E-state index in [2.05, 4.69) is 5.32 Å². The molecular weight excluding hydrogens is 449 g/mol. The zero-order valence-corrected chi connectivity index (χ0v) is 19.3. The van der Waals surface area contributed by atoms with Crippen LogP contribution in [0.2, 0.25) is 5.02 Å². The van der Waals surface area contributed by atoms with Crippen LogP contribution in [0.4, 0.5) is 11.4 Å². The average Bonchev–Trinajstić information content (AvgIpc) is 2.74. The van der Waals surface area contributed by atoms with Crippen molar-refractivity contribution in [3.63, 3.8) is 0 Å². The maximum Gasteiger partial charge on any atom is 0.325 e. The van der Waals surface area contributed by atoms with E-state index in [1.807, 2.05) is 49.4 Å². The third-order valence-electron chi connectivity index (χ3n) is 4.90. The van der Waals surface area contributed by atoms with E-state index in [1.54, 1.807) is 24.3 Å². The van der Waals surface area contributed by atoms with E-state index in [9.17, 15) is 9.36 Å². The van der Waals surface area contributed by atoms with Crippen LogP contribution in [-0.4, -0.2) is 28.3 Å². The summed E-state index contributed by atoms with van der Waals surface area (Å²) in [5, 5.41) is 3.65. The Morgan fingerprint density at radius 3 is 2.47 bits per heavy atom. The topological polar surface area (TPSA) is 95.9 Å². The van der Waals surface area contributed by atoms with E-state index >= 15 is 0 Å². The van der Waals surface area contributed by atoms with Gasteiger partial charge in [-0.15, -0.1) is 0 Å². The molecule has 6 nitrogen and oxygen atoms in total. The van der Waals surface area contributed by atoms with Crippen molar-refractivity contribution in [3.8, 4) is 0 Å². The standard InChI is InChI=1S/C24H25ClNO5P/c1-17-7-2-4-9-20(17)24(27)21-12-11-19(15-22(21)25)26-23-10-5-3-8-18(23)16-31-13-6-14-32(28,29)30/h2-5,7-12,15,26H,6,13-14,16H2,1H3,(H2,28,29,30). The molecule has 3 aromatic rings. The largest absolute Gasteiger partial charge is 0.377 e. The van der Waals surface area contributed by atoms with Crippen molar-refractivity contribution < 1.29 is 23.9 Å². The molecule has 3 N–H and O–H groups in total. The molecule has 8 heteroatoms. The number of hydrogen-bond donors (Lipinski definition) is 3. The molecule has 0 saturated heterocycles. The van der Waals surface area contributed by atoms with Crippen LogP contribution in [0.5, 0.6) is 0 Å². The van der Waals surface area contributed by atoms with E-state index in [-0.39, 0.29) is 25.0 Å². The van der Waals surface area contributed by atoms with Crippen molar-refractivity contribution in [1.82, 2.24) is 0 Å². The zero-order chi connectivity index (χ0) is 23.1. The highest BCUT2D eigenvalue weighted by atomic mass is 35.5. The molecule has 0 aliphatic carbocycles. The van der Waals surface area contributed by atoms with Crippen LogP contribution in [0.3, 0.4) is 0 Å². The van der Waals surface area contributed by atoms with Crippen LogP contribution < -0.4 is 5.32 Å². The highest BCUT2D eigenvalue weighted by Gasteiger charge is 2.15. The molecule has 0 unspecified atom stereocenters. The monoisotopic (exact) mass is 473 g/mol. The molecular formula is C24H25ClNO5P. The number of carbonyl (C=O) groups is 1. The van der Waals surface area contributed by atoms with Crippen LogP contribution in [0.15, 0.2) is 66.7 Å². The summed E-state index contributed by atoms with van der Waals surface area (Å²) in [6.45, 7) is 2.44. The summed E-state index contributed by atoms with van der Waals surface area (Å²) < 4.78 is 16.5. The van der Waals surface area contributed by atoms with Gasteiger partial charge >= 0.3 is 7.60 Å². The molecule has 0 spiro atoms. The molecule has 0 atom stereocenters. The first kappa shape index (κ1) is 24.2. The molecule has 0 saturated carbocycles. The number of benzene rings is 3. The second-order valence-corrected chi connectivity index (χ2v) is 9.60. The molecule has 3 aromatic carbocycles. The van der Waals surface area contributed by atoms with Crippen molar-refractivity contribution >= 4 is 36.4 Å². The summed E-state index contributed by atoms with van der Waals surface area (Å²) in [7, 11) is -4.00. The third-order valence-corrected chi connectivity index (χ3v) is 6.11. The van der Waals surface area contributed by atoms with Gasteiger partial charge in [-0.3, -0.25) is 9.36 Å². The summed E-state index contributed by atoms with van der Waals surface area (Å²) in [6, 6.07) is 20.2. The Bertz CT molecular complexity index is 1140. The van der Waals surface area contributed by atoms with Crippen molar-refractivity contribution in [3.05, 3.63) is 94.0 Å². The lowest BCUT2D eigenvalue weighted by Gasteiger charge is -2.14. The van der Waals surface area contributed by atoms with Gasteiger partial charge < -0.3 is 19.8 Å². The maximum atomic E-state index is 12.9. The molecule has 0 aliphatic heterocycles. The first-order valence-electron chi connectivity index (χ1n) is 10.1. The second kappa shape index (κ2) is 10.9.